The highest BCUT2D eigenvalue weighted by Gasteiger charge is 2.55. The molecule has 2 atom stereocenters. The first-order chi connectivity index (χ1) is 24.9. The number of likely N-dealkylation sites (tertiary alicyclic amines) is 2. The second-order valence-electron chi connectivity index (χ2n) is 14.0. The Balaban J connectivity index is 1.26. The number of alkyl carbamates (subject to hydrolysis) is 1. The molecule has 52 heavy (non-hydrogen) atoms. The number of hydrogen-bond donors (Lipinski definition) is 1. The van der Waals surface area contributed by atoms with Gasteiger partial charge >= 0.3 is 18.2 Å². The van der Waals surface area contributed by atoms with Crippen LogP contribution in [-0.4, -0.2) is 99.7 Å². The van der Waals surface area contributed by atoms with Crippen molar-refractivity contribution in [3.8, 4) is 0 Å². The minimum Gasteiger partial charge on any atom is -0.448 e. The van der Waals surface area contributed by atoms with Crippen LogP contribution in [0.15, 0.2) is 96.2 Å². The van der Waals surface area contributed by atoms with Gasteiger partial charge in [-0.25, -0.2) is 14.4 Å². The maximum Gasteiger partial charge on any atom is 0.410 e. The molecule has 0 bridgehead atoms. The Morgan fingerprint density at radius 1 is 0.981 bits per heavy atom. The van der Waals surface area contributed by atoms with Gasteiger partial charge < -0.3 is 29.3 Å². The van der Waals surface area contributed by atoms with Gasteiger partial charge in [0.1, 0.15) is 29.3 Å². The summed E-state index contributed by atoms with van der Waals surface area (Å²) in [6.45, 7) is 10.4. The molecular formula is C39H44N4O8S. The molecule has 1 N–H and O–H groups in total. The van der Waals surface area contributed by atoms with Crippen molar-refractivity contribution in [1.29, 1.82) is 0 Å². The summed E-state index contributed by atoms with van der Waals surface area (Å²) in [5.74, 6) is -1.02. The summed E-state index contributed by atoms with van der Waals surface area (Å²) in [6, 6.07) is 17.8. The average Bonchev–Trinajstić information content (AvgIpc) is 3.50. The molecule has 0 saturated carbocycles. The minimum absolute atomic E-state index is 0.0421. The standard InChI is InChI=1S/C39H44N4O8S/c1-5-22-49-38(48)41-19-17-29(18-20-41)42-21-16-27(33(42)44)23-28-24-52-35-30(40-37(47)51-39(2,3)4)34(45)43(35)31(28)36(46)50-32(25-12-8-6-9-13-25)26-14-10-7-11-15-26/h5-15,23,29-30,32,35H,1,16-22,24H2,2-4H3,(H,40,47)/b27-23+/t30-,35-/m1/s1. The van der Waals surface area contributed by atoms with Crippen molar-refractivity contribution in [2.75, 3.05) is 32.0 Å². The van der Waals surface area contributed by atoms with Crippen molar-refractivity contribution in [3.05, 3.63) is 107 Å². The summed E-state index contributed by atoms with van der Waals surface area (Å²) < 4.78 is 16.8. The van der Waals surface area contributed by atoms with Crippen LogP contribution in [-0.2, 0) is 28.6 Å². The summed E-state index contributed by atoms with van der Waals surface area (Å²) in [5, 5.41) is 2.10. The second-order valence-corrected chi connectivity index (χ2v) is 15.1. The zero-order chi connectivity index (χ0) is 37.0. The molecule has 2 aromatic rings. The smallest absolute Gasteiger partial charge is 0.410 e. The third-order valence-electron chi connectivity index (χ3n) is 9.29. The van der Waals surface area contributed by atoms with Crippen molar-refractivity contribution >= 4 is 41.7 Å². The maximum atomic E-state index is 14.4. The molecule has 0 aromatic heterocycles. The topological polar surface area (TPSA) is 135 Å². The van der Waals surface area contributed by atoms with Crippen molar-refractivity contribution in [2.24, 2.45) is 0 Å². The van der Waals surface area contributed by atoms with E-state index in [0.717, 1.165) is 11.1 Å². The number of benzene rings is 2. The molecule has 2 aromatic carbocycles. The van der Waals surface area contributed by atoms with Gasteiger partial charge in [0.05, 0.1) is 0 Å². The van der Waals surface area contributed by atoms with Gasteiger partial charge in [0.15, 0.2) is 6.10 Å². The molecule has 274 valence electrons. The van der Waals surface area contributed by atoms with Gasteiger partial charge in [0, 0.05) is 37.0 Å². The van der Waals surface area contributed by atoms with Gasteiger partial charge in [-0.15, -0.1) is 11.8 Å². The molecule has 4 heterocycles. The highest BCUT2D eigenvalue weighted by atomic mass is 32.2. The first-order valence-corrected chi connectivity index (χ1v) is 18.5. The number of allylic oxidation sites excluding steroid dienone is 1. The SMILES string of the molecule is C=CCOC(=O)N1CCC(N2CC/C(=C\C3=C(C(=O)OC(c4ccccc4)c4ccccc4)N4C(=O)[C@@H](NC(=O)OC(C)(C)C)[C@H]4SC3)C2=O)CC1. The van der Waals surface area contributed by atoms with E-state index in [1.165, 1.54) is 22.7 Å². The quantitative estimate of drug-likeness (QED) is 0.120. The molecule has 0 unspecified atom stereocenters. The lowest BCUT2D eigenvalue weighted by atomic mass is 10.00. The monoisotopic (exact) mass is 728 g/mol. The normalized spacial score (nSPS) is 21.5. The Labute approximate surface area is 307 Å². The predicted octanol–water partition coefficient (Wildman–Crippen LogP) is 5.33. The number of esters is 1. The lowest BCUT2D eigenvalue weighted by Crippen LogP contribution is -2.70. The molecule has 3 fully saturated rings. The van der Waals surface area contributed by atoms with Crippen LogP contribution in [0, 0.1) is 0 Å². The van der Waals surface area contributed by atoms with Crippen LogP contribution in [0.25, 0.3) is 0 Å². The Bertz CT molecular complexity index is 1730. The Morgan fingerprint density at radius 2 is 1.62 bits per heavy atom. The summed E-state index contributed by atoms with van der Waals surface area (Å²) >= 11 is 1.39. The first-order valence-electron chi connectivity index (χ1n) is 17.5. The zero-order valence-corrected chi connectivity index (χ0v) is 30.4. The van der Waals surface area contributed by atoms with Crippen LogP contribution >= 0.6 is 11.8 Å². The van der Waals surface area contributed by atoms with Crippen LogP contribution in [0.1, 0.15) is 57.3 Å². The zero-order valence-electron chi connectivity index (χ0n) is 29.6. The number of nitrogens with zero attached hydrogens (tertiary/aromatic N) is 3. The molecule has 0 aliphatic carbocycles. The van der Waals surface area contributed by atoms with Crippen LogP contribution in [0.5, 0.6) is 0 Å². The number of β-lactam (4-membered cyclic amide) rings is 1. The number of piperidine rings is 1. The van der Waals surface area contributed by atoms with E-state index in [0.29, 0.717) is 55.8 Å². The molecule has 12 nitrogen and oxygen atoms in total. The van der Waals surface area contributed by atoms with Crippen LogP contribution in [0.4, 0.5) is 9.59 Å². The van der Waals surface area contributed by atoms with Crippen LogP contribution in [0.2, 0.25) is 0 Å². The third-order valence-corrected chi connectivity index (χ3v) is 10.6. The fourth-order valence-electron chi connectivity index (χ4n) is 6.83. The molecule has 4 amide bonds. The number of hydrogen-bond acceptors (Lipinski definition) is 9. The van der Waals surface area contributed by atoms with Gasteiger partial charge in [0.25, 0.3) is 5.91 Å². The number of fused-ring (bicyclic) bond motifs is 1. The lowest BCUT2D eigenvalue weighted by Gasteiger charge is -2.49. The average molecular weight is 729 g/mol. The number of amides is 4. The molecule has 0 radical (unpaired) electrons. The van der Waals surface area contributed by atoms with Gasteiger partial charge in [-0.1, -0.05) is 73.3 Å². The summed E-state index contributed by atoms with van der Waals surface area (Å²) in [7, 11) is 0. The van der Waals surface area contributed by atoms with Gasteiger partial charge in [-0.05, 0) is 62.8 Å². The van der Waals surface area contributed by atoms with Crippen molar-refractivity contribution in [2.45, 2.75) is 69.2 Å². The summed E-state index contributed by atoms with van der Waals surface area (Å²) in [5.41, 5.74) is 1.84. The molecule has 3 saturated heterocycles. The maximum absolute atomic E-state index is 14.4. The molecule has 4 aliphatic rings. The highest BCUT2D eigenvalue weighted by molar-refractivity contribution is 8.00. The minimum atomic E-state index is -0.903. The Hall–Kier alpha value is -5.04. The fourth-order valence-corrected chi connectivity index (χ4v) is 8.14. The van der Waals surface area contributed by atoms with E-state index in [4.69, 9.17) is 14.2 Å². The number of carbonyl (C=O) groups excluding carboxylic acids is 5. The number of rotatable bonds is 9. The van der Waals surface area contributed by atoms with Crippen molar-refractivity contribution in [3.63, 3.8) is 0 Å². The van der Waals surface area contributed by atoms with Gasteiger partial charge in [-0.2, -0.15) is 0 Å². The Morgan fingerprint density at radius 3 is 2.21 bits per heavy atom. The van der Waals surface area contributed by atoms with E-state index in [-0.39, 0.29) is 24.3 Å². The number of thioether (sulfide) groups is 1. The van der Waals surface area contributed by atoms with Crippen molar-refractivity contribution in [1.82, 2.24) is 20.0 Å². The number of ether oxygens (including phenoxy) is 3. The lowest BCUT2D eigenvalue weighted by molar-refractivity contribution is -0.153. The third kappa shape index (κ3) is 8.04. The van der Waals surface area contributed by atoms with E-state index in [9.17, 15) is 24.0 Å². The van der Waals surface area contributed by atoms with Crippen LogP contribution < -0.4 is 5.32 Å². The predicted molar refractivity (Wildman–Crippen MR) is 195 cm³/mol. The van der Waals surface area contributed by atoms with E-state index in [2.05, 4.69) is 11.9 Å². The molecule has 6 rings (SSSR count). The van der Waals surface area contributed by atoms with Crippen molar-refractivity contribution < 1.29 is 38.2 Å². The number of nitrogens with one attached hydrogen (secondary N) is 1. The van der Waals surface area contributed by atoms with E-state index in [1.54, 1.807) is 31.7 Å². The first kappa shape index (κ1) is 36.7. The highest BCUT2D eigenvalue weighted by Crippen LogP contribution is 2.43. The van der Waals surface area contributed by atoms with Gasteiger partial charge in [0.2, 0.25) is 5.91 Å². The molecular weight excluding hydrogens is 685 g/mol. The molecule has 13 heteroatoms. The summed E-state index contributed by atoms with van der Waals surface area (Å²) in [6.07, 6.45) is 3.08. The van der Waals surface area contributed by atoms with Crippen LogP contribution in [0.3, 0.4) is 0 Å². The van der Waals surface area contributed by atoms with E-state index in [1.807, 2.05) is 65.6 Å². The fraction of sp³-hybridized carbons (Fsp3) is 0.410. The molecule has 4 aliphatic heterocycles. The van der Waals surface area contributed by atoms with E-state index < -0.39 is 47.2 Å². The summed E-state index contributed by atoms with van der Waals surface area (Å²) in [4.78, 5) is 71.7. The number of carbonyl (C=O) groups is 5. The largest absolute Gasteiger partial charge is 0.448 e. The van der Waals surface area contributed by atoms with E-state index >= 15 is 0 Å². The second kappa shape index (κ2) is 15.7. The molecule has 0 spiro atoms. The van der Waals surface area contributed by atoms with Gasteiger partial charge in [-0.3, -0.25) is 14.5 Å². The Kier molecular flexibility index (Phi) is 11.1.